The van der Waals surface area contributed by atoms with Gasteiger partial charge in [-0.25, -0.2) is 4.99 Å². The van der Waals surface area contributed by atoms with Gasteiger partial charge in [-0.15, -0.1) is 0 Å². The number of rotatable bonds is 5. The van der Waals surface area contributed by atoms with Crippen LogP contribution >= 0.6 is 11.6 Å². The molecule has 0 atom stereocenters. The van der Waals surface area contributed by atoms with Crippen LogP contribution in [0, 0.1) is 5.53 Å². The summed E-state index contributed by atoms with van der Waals surface area (Å²) in [7, 11) is 0. The van der Waals surface area contributed by atoms with Crippen LogP contribution in [0.4, 0.5) is 18.9 Å². The van der Waals surface area contributed by atoms with Crippen molar-refractivity contribution in [1.82, 2.24) is 5.32 Å². The summed E-state index contributed by atoms with van der Waals surface area (Å²) in [6.45, 7) is 0. The second kappa shape index (κ2) is 9.65. The van der Waals surface area contributed by atoms with Crippen molar-refractivity contribution >= 4 is 34.9 Å². The van der Waals surface area contributed by atoms with E-state index in [1.165, 1.54) is 36.4 Å². The fraction of sp³-hybridized carbons (Fsp3) is 0.0556. The fourth-order valence-electron chi connectivity index (χ4n) is 2.14. The molecule has 0 spiro atoms. The number of alkyl halides is 3. The van der Waals surface area contributed by atoms with E-state index in [9.17, 15) is 18.0 Å². The molecule has 1 amide bonds. The van der Waals surface area contributed by atoms with Crippen LogP contribution < -0.4 is 16.8 Å². The molecular weight excluding hydrogens is 423 g/mol. The normalized spacial score (nSPS) is 13.1. The number of nitrogens with one attached hydrogen (secondary N) is 2. The van der Waals surface area contributed by atoms with Crippen LogP contribution in [0.1, 0.15) is 15.9 Å². The van der Waals surface area contributed by atoms with Crippen molar-refractivity contribution in [2.45, 2.75) is 6.18 Å². The van der Waals surface area contributed by atoms with Crippen LogP contribution in [0.3, 0.4) is 0 Å². The van der Waals surface area contributed by atoms with E-state index in [0.29, 0.717) is 6.08 Å². The Morgan fingerprint density at radius 3 is 2.23 bits per heavy atom. The highest BCUT2D eigenvalue weighted by Gasteiger charge is 2.31. The summed E-state index contributed by atoms with van der Waals surface area (Å²) < 4.78 is 38.8. The Morgan fingerprint density at radius 1 is 1.07 bits per heavy atom. The minimum absolute atomic E-state index is 0.112. The smallest absolute Gasteiger partial charge is 0.395 e. The third kappa shape index (κ3) is 6.14. The molecule has 30 heavy (non-hydrogen) atoms. The van der Waals surface area contributed by atoms with Crippen LogP contribution in [0.15, 0.2) is 75.6 Å². The lowest BCUT2D eigenvalue weighted by atomic mass is 10.1. The van der Waals surface area contributed by atoms with E-state index in [0.717, 1.165) is 0 Å². The van der Waals surface area contributed by atoms with Crippen LogP contribution in [-0.4, -0.2) is 23.8 Å². The van der Waals surface area contributed by atoms with E-state index < -0.39 is 17.8 Å². The van der Waals surface area contributed by atoms with Crippen molar-refractivity contribution in [3.05, 3.63) is 76.5 Å². The Hall–Kier alpha value is -3.73. The Morgan fingerprint density at radius 2 is 1.67 bits per heavy atom. The molecule has 12 heteroatoms. The van der Waals surface area contributed by atoms with Gasteiger partial charge in [0, 0.05) is 11.1 Å². The van der Waals surface area contributed by atoms with Crippen molar-refractivity contribution in [2.24, 2.45) is 26.8 Å². The molecule has 156 valence electrons. The summed E-state index contributed by atoms with van der Waals surface area (Å²) in [5.74, 6) is -1.04. The van der Waals surface area contributed by atoms with Gasteiger partial charge in [-0.3, -0.25) is 10.1 Å². The lowest BCUT2D eigenvalue weighted by Crippen LogP contribution is -2.36. The Labute approximate surface area is 173 Å². The zero-order chi connectivity index (χ0) is 22.3. The maximum absolute atomic E-state index is 12.9. The molecule has 0 saturated carbocycles. The summed E-state index contributed by atoms with van der Waals surface area (Å²) in [6, 6.07) is 11.8. The second-order valence-corrected chi connectivity index (χ2v) is 6.07. The first-order valence-corrected chi connectivity index (χ1v) is 8.49. The van der Waals surface area contributed by atoms with Crippen LogP contribution in [0.2, 0.25) is 5.02 Å². The van der Waals surface area contributed by atoms with Crippen molar-refractivity contribution in [3.8, 4) is 0 Å². The van der Waals surface area contributed by atoms with Gasteiger partial charge in [-0.1, -0.05) is 41.0 Å². The topological polar surface area (TPSA) is 142 Å². The Kier molecular flexibility index (Phi) is 7.26. The molecule has 0 saturated heterocycles. The van der Waals surface area contributed by atoms with Gasteiger partial charge in [-0.2, -0.15) is 18.7 Å². The predicted octanol–water partition coefficient (Wildman–Crippen LogP) is 3.86. The highest BCUT2D eigenvalue weighted by Crippen LogP contribution is 2.27. The monoisotopic (exact) mass is 437 g/mol. The number of carbonyl (C=O) groups is 1. The zero-order valence-electron chi connectivity index (χ0n) is 15.1. The van der Waals surface area contributed by atoms with Crippen LogP contribution in [0.5, 0.6) is 0 Å². The maximum atomic E-state index is 12.9. The van der Waals surface area contributed by atoms with Gasteiger partial charge in [0.15, 0.2) is 0 Å². The summed E-state index contributed by atoms with van der Waals surface area (Å²) in [4.78, 5) is 16.2. The third-order valence-electron chi connectivity index (χ3n) is 3.56. The number of carbonyl (C=O) groups excluding carboxylic acids is 1. The zero-order valence-corrected chi connectivity index (χ0v) is 15.9. The molecule has 6 N–H and O–H groups in total. The van der Waals surface area contributed by atoms with Gasteiger partial charge in [0.2, 0.25) is 5.96 Å². The van der Waals surface area contributed by atoms with E-state index in [4.69, 9.17) is 28.6 Å². The molecule has 0 aliphatic rings. The quantitative estimate of drug-likeness (QED) is 0.244. The van der Waals surface area contributed by atoms with Gasteiger partial charge in [0.05, 0.1) is 16.4 Å². The van der Waals surface area contributed by atoms with Crippen LogP contribution in [-0.2, 0) is 0 Å². The van der Waals surface area contributed by atoms with Crippen molar-refractivity contribution in [2.75, 3.05) is 0 Å². The average molecular weight is 438 g/mol. The predicted molar refractivity (Wildman–Crippen MR) is 107 cm³/mol. The summed E-state index contributed by atoms with van der Waals surface area (Å²) in [5.41, 5.74) is 16.2. The van der Waals surface area contributed by atoms with Crippen molar-refractivity contribution < 1.29 is 18.0 Å². The summed E-state index contributed by atoms with van der Waals surface area (Å²) in [6.07, 6.45) is -4.07. The highest BCUT2D eigenvalue weighted by molar-refractivity contribution is 6.33. The second-order valence-electron chi connectivity index (χ2n) is 5.66. The molecule has 0 aliphatic heterocycles. The molecule has 0 bridgehead atoms. The first-order valence-electron chi connectivity index (χ1n) is 8.11. The van der Waals surface area contributed by atoms with E-state index in [1.807, 2.05) is 0 Å². The Bertz CT molecular complexity index is 1030. The summed E-state index contributed by atoms with van der Waals surface area (Å²) >= 11 is 6.04. The number of amides is 1. The van der Waals surface area contributed by atoms with Crippen molar-refractivity contribution in [3.63, 3.8) is 0 Å². The number of hydrogen-bond acceptors (Lipinski definition) is 5. The summed E-state index contributed by atoms with van der Waals surface area (Å²) in [5, 5.41) is 8.24. The van der Waals surface area contributed by atoms with E-state index in [2.05, 4.69) is 20.6 Å². The molecule has 2 rings (SSSR count). The third-order valence-corrected chi connectivity index (χ3v) is 3.87. The van der Waals surface area contributed by atoms with Gasteiger partial charge in [0.25, 0.3) is 5.91 Å². The number of halogens is 4. The van der Waals surface area contributed by atoms with Gasteiger partial charge in [0.1, 0.15) is 5.70 Å². The minimum atomic E-state index is -4.75. The molecular formula is C18H15ClF3N7O. The molecule has 0 aliphatic carbocycles. The Balaban J connectivity index is 2.44. The molecule has 0 fully saturated rings. The fourth-order valence-corrected chi connectivity index (χ4v) is 2.32. The molecule has 0 aromatic heterocycles. The largest absolute Gasteiger partial charge is 0.430 e. The average Bonchev–Trinajstić information content (AvgIpc) is 2.68. The molecule has 0 unspecified atom stereocenters. The lowest BCUT2D eigenvalue weighted by Gasteiger charge is -2.10. The number of aliphatic imine (C=N–C) groups is 1. The lowest BCUT2D eigenvalue weighted by molar-refractivity contribution is -0.0925. The number of guanidine groups is 1. The first-order chi connectivity index (χ1) is 14.1. The van der Waals surface area contributed by atoms with Gasteiger partial charge >= 0.3 is 6.18 Å². The highest BCUT2D eigenvalue weighted by atomic mass is 35.5. The number of nitrogens with two attached hydrogens (primary N) is 2. The number of nitrogens with zero attached hydrogens (tertiary/aromatic N) is 3. The van der Waals surface area contributed by atoms with E-state index in [-0.39, 0.29) is 33.5 Å². The van der Waals surface area contributed by atoms with E-state index >= 15 is 0 Å². The molecule has 2 aromatic rings. The van der Waals surface area contributed by atoms with Crippen LogP contribution in [0.25, 0.3) is 0 Å². The first kappa shape index (κ1) is 22.6. The number of benzene rings is 2. The molecule has 0 heterocycles. The maximum Gasteiger partial charge on any atom is 0.430 e. The molecule has 8 nitrogen and oxygen atoms in total. The molecule has 2 aromatic carbocycles. The minimum Gasteiger partial charge on any atom is -0.395 e. The van der Waals surface area contributed by atoms with Crippen molar-refractivity contribution in [1.29, 1.82) is 5.53 Å². The SMILES string of the molecule is N=N/N=C(\N)NC(=O)c1ccc(C(/C=C(\N)C(F)(F)F)=Nc2ccccc2Cl)cc1. The van der Waals surface area contributed by atoms with E-state index in [1.54, 1.807) is 12.1 Å². The number of hydrogen-bond donors (Lipinski definition) is 4. The number of allylic oxidation sites excluding steroid dienone is 2. The van der Waals surface area contributed by atoms with Gasteiger partial charge < -0.3 is 11.5 Å². The standard InChI is InChI=1S/C18H15ClF3N7O/c19-12-3-1-2-4-13(12)26-14(9-15(23)18(20,21)22)10-5-7-11(8-6-10)16(30)27-17(24)28-29-25/h1-9H,23H2,(H4,24,25,27,28,30)/b15-9-,26-14?. The number of para-hydroxylation sites is 1. The molecule has 0 radical (unpaired) electrons. The van der Waals surface area contributed by atoms with Gasteiger partial charge in [-0.05, 0) is 35.6 Å².